The second kappa shape index (κ2) is 8.44. The van der Waals surface area contributed by atoms with Crippen LogP contribution in [0.5, 0.6) is 0 Å². The molecule has 4 rings (SSSR count). The molecule has 3 aromatic rings. The van der Waals surface area contributed by atoms with E-state index in [9.17, 15) is 30.8 Å². The summed E-state index contributed by atoms with van der Waals surface area (Å²) in [6, 6.07) is 9.90. The largest absolute Gasteiger partial charge is 0.320 e. The summed E-state index contributed by atoms with van der Waals surface area (Å²) in [6.07, 6.45) is 1.25. The molecule has 1 N–H and O–H groups in total. The molecule has 0 saturated carbocycles. The van der Waals surface area contributed by atoms with Crippen molar-refractivity contribution in [3.8, 4) is 0 Å². The lowest BCUT2D eigenvalue weighted by atomic mass is 10.2. The molecule has 0 atom stereocenters. The zero-order valence-corrected chi connectivity index (χ0v) is 17.7. The van der Waals surface area contributed by atoms with Crippen molar-refractivity contribution in [3.63, 3.8) is 0 Å². The number of sulfone groups is 1. The maximum absolute atomic E-state index is 13.9. The molecule has 0 fully saturated rings. The number of nitrogens with one attached hydrogen (secondary N) is 1. The van der Waals surface area contributed by atoms with Gasteiger partial charge in [-0.15, -0.1) is 0 Å². The predicted molar refractivity (Wildman–Crippen MR) is 113 cm³/mol. The van der Waals surface area contributed by atoms with Crippen LogP contribution >= 0.6 is 11.8 Å². The maximum Gasteiger partial charge on any atom is 0.262 e. The Bertz CT molecular complexity index is 1370. The average Bonchev–Trinajstić information content (AvgIpc) is 2.73. The summed E-state index contributed by atoms with van der Waals surface area (Å²) in [4.78, 5) is 12.8. The number of rotatable bonds is 4. The van der Waals surface area contributed by atoms with Crippen molar-refractivity contribution in [1.29, 1.82) is 0 Å². The quantitative estimate of drug-likeness (QED) is 0.407. The smallest absolute Gasteiger partial charge is 0.262 e. The first-order valence-corrected chi connectivity index (χ1v) is 11.6. The second-order valence-electron chi connectivity index (χ2n) is 6.85. The summed E-state index contributed by atoms with van der Waals surface area (Å²) in [5.41, 5.74) is -0.374. The summed E-state index contributed by atoms with van der Waals surface area (Å²) >= 11 is 0.975. The second-order valence-corrected chi connectivity index (χ2v) is 9.92. The fourth-order valence-corrected chi connectivity index (χ4v) is 5.35. The van der Waals surface area contributed by atoms with E-state index in [2.05, 4.69) is 5.32 Å². The van der Waals surface area contributed by atoms with Crippen LogP contribution in [0.1, 0.15) is 11.1 Å². The number of carbonyl (C=O) groups is 1. The Balaban J connectivity index is 1.63. The van der Waals surface area contributed by atoms with Crippen molar-refractivity contribution in [2.24, 2.45) is 0 Å². The summed E-state index contributed by atoms with van der Waals surface area (Å²) in [5.74, 6) is -5.03. The van der Waals surface area contributed by atoms with Crippen LogP contribution in [0.4, 0.5) is 23.2 Å². The Labute approximate surface area is 184 Å². The lowest BCUT2D eigenvalue weighted by molar-refractivity contribution is -0.112. The number of hydrogen-bond donors (Lipinski definition) is 1. The van der Waals surface area contributed by atoms with Crippen LogP contribution in [-0.2, 0) is 20.4 Å². The highest BCUT2D eigenvalue weighted by Crippen LogP contribution is 2.40. The minimum Gasteiger partial charge on any atom is -0.320 e. The van der Waals surface area contributed by atoms with Gasteiger partial charge in [-0.3, -0.25) is 4.79 Å². The molecule has 0 spiro atoms. The number of fused-ring (bicyclic) bond motifs is 1. The van der Waals surface area contributed by atoms with Gasteiger partial charge in [0.2, 0.25) is 0 Å². The van der Waals surface area contributed by atoms with Crippen LogP contribution in [0.2, 0.25) is 0 Å². The topological polar surface area (TPSA) is 63.2 Å². The molecule has 32 heavy (non-hydrogen) atoms. The highest BCUT2D eigenvalue weighted by molar-refractivity contribution is 8.04. The number of benzene rings is 3. The van der Waals surface area contributed by atoms with Crippen LogP contribution in [0, 0.1) is 23.3 Å². The molecule has 1 aliphatic heterocycles. The van der Waals surface area contributed by atoms with Gasteiger partial charge in [-0.05, 0) is 48.5 Å². The first kappa shape index (κ1) is 22.1. The van der Waals surface area contributed by atoms with E-state index in [0.29, 0.717) is 11.0 Å². The minimum absolute atomic E-state index is 0.0126. The third-order valence-electron chi connectivity index (χ3n) is 4.65. The van der Waals surface area contributed by atoms with Crippen LogP contribution in [0.25, 0.3) is 6.08 Å². The third-order valence-corrected chi connectivity index (χ3v) is 7.39. The van der Waals surface area contributed by atoms with Crippen molar-refractivity contribution < 1.29 is 30.8 Å². The van der Waals surface area contributed by atoms with Gasteiger partial charge < -0.3 is 5.32 Å². The first-order chi connectivity index (χ1) is 15.1. The molecule has 0 radical (unpaired) electrons. The van der Waals surface area contributed by atoms with E-state index >= 15 is 0 Å². The van der Waals surface area contributed by atoms with Gasteiger partial charge in [0.1, 0.15) is 23.3 Å². The summed E-state index contributed by atoms with van der Waals surface area (Å²) in [7, 11) is -4.12. The van der Waals surface area contributed by atoms with Gasteiger partial charge in [0.15, 0.2) is 9.84 Å². The number of halogens is 4. The normalized spacial score (nSPS) is 14.9. The third kappa shape index (κ3) is 4.42. The maximum atomic E-state index is 13.9. The number of carbonyl (C=O) groups excluding carboxylic acids is 1. The molecular weight excluding hydrogens is 466 g/mol. The Morgan fingerprint density at radius 3 is 2.31 bits per heavy atom. The van der Waals surface area contributed by atoms with E-state index in [1.807, 2.05) is 0 Å². The SMILES string of the molecule is O=C1Nc2cc(S(=O)(=O)Cc3c(F)cccc3F)ccc2S/C1=C/c1ccc(F)cc1F. The summed E-state index contributed by atoms with van der Waals surface area (Å²) in [6.45, 7) is 0. The molecular formula is C22H13F4NO3S2. The van der Waals surface area contributed by atoms with Gasteiger partial charge in [-0.2, -0.15) is 0 Å². The van der Waals surface area contributed by atoms with Crippen molar-refractivity contribution in [1.82, 2.24) is 0 Å². The molecule has 164 valence electrons. The van der Waals surface area contributed by atoms with Crippen LogP contribution in [0.3, 0.4) is 0 Å². The molecule has 0 aromatic heterocycles. The van der Waals surface area contributed by atoms with E-state index in [4.69, 9.17) is 0 Å². The monoisotopic (exact) mass is 479 g/mol. The number of amides is 1. The van der Waals surface area contributed by atoms with Gasteiger partial charge in [0.05, 0.1) is 21.2 Å². The minimum atomic E-state index is -4.12. The van der Waals surface area contributed by atoms with Crippen LogP contribution in [-0.4, -0.2) is 14.3 Å². The van der Waals surface area contributed by atoms with Gasteiger partial charge in [-0.25, -0.2) is 26.0 Å². The zero-order valence-electron chi connectivity index (χ0n) is 16.0. The molecule has 0 bridgehead atoms. The fraction of sp³-hybridized carbons (Fsp3) is 0.0455. The Morgan fingerprint density at radius 2 is 1.62 bits per heavy atom. The van der Waals surface area contributed by atoms with Crippen LogP contribution < -0.4 is 5.32 Å². The number of thioether (sulfide) groups is 1. The molecule has 10 heteroatoms. The van der Waals surface area contributed by atoms with E-state index in [1.165, 1.54) is 30.3 Å². The Kier molecular flexibility index (Phi) is 5.83. The van der Waals surface area contributed by atoms with E-state index in [-0.39, 0.29) is 21.1 Å². The van der Waals surface area contributed by atoms with Gasteiger partial charge in [-0.1, -0.05) is 17.8 Å². The van der Waals surface area contributed by atoms with Gasteiger partial charge in [0, 0.05) is 22.1 Å². The lowest BCUT2D eigenvalue weighted by Gasteiger charge is -2.19. The molecule has 4 nitrogen and oxygen atoms in total. The van der Waals surface area contributed by atoms with Crippen molar-refractivity contribution in [2.75, 3.05) is 5.32 Å². The highest BCUT2D eigenvalue weighted by atomic mass is 32.2. The van der Waals surface area contributed by atoms with Crippen molar-refractivity contribution >= 4 is 39.3 Å². The molecule has 0 saturated heterocycles. The molecule has 0 unspecified atom stereocenters. The highest BCUT2D eigenvalue weighted by Gasteiger charge is 2.26. The van der Waals surface area contributed by atoms with E-state index in [1.54, 1.807) is 0 Å². The Hall–Kier alpha value is -3.11. The van der Waals surface area contributed by atoms with Gasteiger partial charge >= 0.3 is 0 Å². The molecule has 1 amide bonds. The lowest BCUT2D eigenvalue weighted by Crippen LogP contribution is -2.18. The van der Waals surface area contributed by atoms with E-state index in [0.717, 1.165) is 36.0 Å². The first-order valence-electron chi connectivity index (χ1n) is 9.10. The Morgan fingerprint density at radius 1 is 0.906 bits per heavy atom. The number of anilines is 1. The number of hydrogen-bond acceptors (Lipinski definition) is 4. The molecule has 1 heterocycles. The van der Waals surface area contributed by atoms with Gasteiger partial charge in [0.25, 0.3) is 5.91 Å². The van der Waals surface area contributed by atoms with E-state index < -0.39 is 50.3 Å². The fourth-order valence-electron chi connectivity index (χ4n) is 3.04. The summed E-state index contributed by atoms with van der Waals surface area (Å²) in [5, 5.41) is 2.52. The van der Waals surface area contributed by atoms with Crippen molar-refractivity contribution in [2.45, 2.75) is 15.5 Å². The van der Waals surface area contributed by atoms with Crippen LogP contribution in [0.15, 0.2) is 69.3 Å². The summed E-state index contributed by atoms with van der Waals surface area (Å²) < 4.78 is 80.1. The molecule has 1 aliphatic rings. The zero-order chi connectivity index (χ0) is 23.0. The van der Waals surface area contributed by atoms with Crippen molar-refractivity contribution in [3.05, 3.63) is 93.9 Å². The molecule has 0 aliphatic carbocycles. The standard InChI is InChI=1S/C22H13F4NO3S2/c23-13-5-4-12(18(26)9-13)8-21-22(28)27-19-10-14(6-7-20(19)31-21)32(29,30)11-15-16(24)2-1-3-17(15)25/h1-10H,11H2,(H,27,28)/b21-8+. The average molecular weight is 479 g/mol. The predicted octanol–water partition coefficient (Wildman–Crippen LogP) is 5.30. The molecule has 3 aromatic carbocycles.